The van der Waals surface area contributed by atoms with Gasteiger partial charge in [-0.25, -0.2) is 4.98 Å². The third kappa shape index (κ3) is 7.92. The number of aromatic nitrogens is 2. The molecule has 4 heteroatoms. The van der Waals surface area contributed by atoms with E-state index >= 15 is 0 Å². The second-order valence-electron chi connectivity index (χ2n) is 22.3. The fourth-order valence-electron chi connectivity index (χ4n) is 10.7. The zero-order chi connectivity index (χ0) is 57.5. The lowest BCUT2D eigenvalue weighted by atomic mass is 9.75. The molecule has 0 bridgehead atoms. The van der Waals surface area contributed by atoms with E-state index in [2.05, 4.69) is 138 Å². The molecular weight excluding hydrogens is 837 g/mol. The summed E-state index contributed by atoms with van der Waals surface area (Å²) in [5.41, 5.74) is 10.4. The highest BCUT2D eigenvalue weighted by Crippen LogP contribution is 2.54. The fourth-order valence-corrected chi connectivity index (χ4v) is 10.7. The van der Waals surface area contributed by atoms with Crippen LogP contribution < -0.4 is 9.80 Å². The molecular formula is C65H68N4. The first-order chi connectivity index (χ1) is 36.9. The van der Waals surface area contributed by atoms with Crippen LogP contribution in [-0.4, -0.2) is 16.2 Å². The van der Waals surface area contributed by atoms with Gasteiger partial charge >= 0.3 is 0 Å². The highest BCUT2D eigenvalue weighted by molar-refractivity contribution is 6.09. The Balaban J connectivity index is 1.23. The fraction of sp³-hybridized carbons (Fsp3) is 0.277. The molecule has 0 unspecified atom stereocenters. The summed E-state index contributed by atoms with van der Waals surface area (Å²) >= 11 is 0. The molecule has 0 atom stereocenters. The normalized spacial score (nSPS) is 15.5. The van der Waals surface area contributed by atoms with E-state index in [0.717, 1.165) is 66.9 Å². The standard InChI is InChI=1S/C65H68N4/c1-42-58(44-24-16-14-17-25-44)61(59(45-26-18-15-19-27-45)43(2)60(42)64(9,10)11)68-41-67(54-30-22-23-31-55(54)68)50-37-48(63(6,7)8)36-49(38-50)65(12,13)47-32-33-52-51-28-20-21-29-53(51)69(56(52)39-47)57-40-46(34-35-66-57)62(3,4)5/h14-40H,41H2,1-13H3/i14D,15D,16D,17D,18D,19D,24D,25D,26D,27D. The van der Waals surface area contributed by atoms with Gasteiger partial charge in [0.1, 0.15) is 12.5 Å². The van der Waals surface area contributed by atoms with Crippen molar-refractivity contribution in [2.75, 3.05) is 16.5 Å². The molecule has 0 amide bonds. The number of benzene rings is 7. The zero-order valence-electron chi connectivity index (χ0n) is 52.3. The van der Waals surface area contributed by atoms with Gasteiger partial charge in [-0.3, -0.25) is 4.57 Å². The summed E-state index contributed by atoms with van der Waals surface area (Å²) in [6.07, 6.45) is 1.90. The molecule has 69 heavy (non-hydrogen) atoms. The van der Waals surface area contributed by atoms with Crippen LogP contribution in [0.3, 0.4) is 0 Å². The molecule has 4 nitrogen and oxygen atoms in total. The molecule has 1 aliphatic heterocycles. The Bertz CT molecular complexity index is 3870. The highest BCUT2D eigenvalue weighted by Gasteiger charge is 2.37. The van der Waals surface area contributed by atoms with Crippen LogP contribution in [-0.2, 0) is 21.7 Å². The molecule has 9 aromatic rings. The van der Waals surface area contributed by atoms with Gasteiger partial charge in [0.25, 0.3) is 0 Å². The van der Waals surface area contributed by atoms with E-state index in [-0.39, 0.29) is 28.6 Å². The quantitative estimate of drug-likeness (QED) is 0.159. The van der Waals surface area contributed by atoms with Gasteiger partial charge in [0.05, 0.1) is 41.8 Å². The molecule has 0 N–H and O–H groups in total. The summed E-state index contributed by atoms with van der Waals surface area (Å²) in [4.78, 5) is 9.22. The Morgan fingerprint density at radius 3 is 1.64 bits per heavy atom. The maximum atomic E-state index is 9.52. The molecule has 0 spiro atoms. The van der Waals surface area contributed by atoms with Gasteiger partial charge in [0.2, 0.25) is 0 Å². The van der Waals surface area contributed by atoms with Crippen molar-refractivity contribution in [3.63, 3.8) is 0 Å². The zero-order valence-corrected chi connectivity index (χ0v) is 42.3. The van der Waals surface area contributed by atoms with Crippen LogP contribution in [0.1, 0.15) is 129 Å². The van der Waals surface area contributed by atoms with Crippen molar-refractivity contribution in [1.29, 1.82) is 0 Å². The molecule has 0 aliphatic carbocycles. The Kier molecular flexibility index (Phi) is 8.51. The number of hydrogen-bond donors (Lipinski definition) is 0. The summed E-state index contributed by atoms with van der Waals surface area (Å²) < 4.78 is 93.5. The predicted octanol–water partition coefficient (Wildman–Crippen LogP) is 17.6. The van der Waals surface area contributed by atoms with E-state index in [9.17, 15) is 5.48 Å². The molecule has 10 rings (SSSR count). The summed E-state index contributed by atoms with van der Waals surface area (Å²) in [6, 6.07) is 29.5. The Labute approximate surface area is 425 Å². The summed E-state index contributed by atoms with van der Waals surface area (Å²) in [6.45, 7) is 27.8. The smallest absolute Gasteiger partial charge is 0.137 e. The van der Waals surface area contributed by atoms with Crippen molar-refractivity contribution in [3.8, 4) is 28.1 Å². The van der Waals surface area contributed by atoms with Gasteiger partial charge in [-0.2, -0.15) is 0 Å². The highest BCUT2D eigenvalue weighted by atomic mass is 15.4. The van der Waals surface area contributed by atoms with Gasteiger partial charge in [0, 0.05) is 39.2 Å². The molecule has 348 valence electrons. The molecule has 7 aromatic carbocycles. The SMILES string of the molecule is [2H]c1c([2H])c([2H])c(-c2c(C)c(C(C)(C)C)c(C)c(-c3c([2H])c([2H])c([2H])c([2H])c3[2H])c2N2CN(c3cc(C(C)(C)C)cc(C(C)(C)c4ccc5c6ccccc6n(-c6cc(C(C)(C)C)ccn6)c5c4)c3)c3ccccc32)c([2H])c1[2H]. The lowest BCUT2D eigenvalue weighted by Crippen LogP contribution is -2.28. The van der Waals surface area contributed by atoms with Crippen molar-refractivity contribution in [2.45, 2.75) is 112 Å². The number of hydrogen-bond acceptors (Lipinski definition) is 3. The first-order valence-electron chi connectivity index (χ1n) is 29.0. The van der Waals surface area contributed by atoms with Crippen LogP contribution in [0, 0.1) is 13.8 Å². The van der Waals surface area contributed by atoms with E-state index < -0.39 is 71.3 Å². The maximum Gasteiger partial charge on any atom is 0.137 e. The molecule has 0 saturated heterocycles. The average molecular weight is 915 g/mol. The second-order valence-corrected chi connectivity index (χ2v) is 22.3. The summed E-state index contributed by atoms with van der Waals surface area (Å²) in [5.74, 6) is 0.853. The topological polar surface area (TPSA) is 24.3 Å². The molecule has 1 aliphatic rings. The van der Waals surface area contributed by atoms with Crippen LogP contribution in [0.4, 0.5) is 22.7 Å². The van der Waals surface area contributed by atoms with Gasteiger partial charge in [-0.05, 0) is 129 Å². The van der Waals surface area contributed by atoms with Crippen LogP contribution in [0.2, 0.25) is 0 Å². The molecule has 2 aromatic heterocycles. The van der Waals surface area contributed by atoms with Gasteiger partial charge < -0.3 is 9.80 Å². The predicted molar refractivity (Wildman–Crippen MR) is 296 cm³/mol. The first-order valence-corrected chi connectivity index (χ1v) is 24.0. The Morgan fingerprint density at radius 1 is 0.493 bits per heavy atom. The second kappa shape index (κ2) is 16.7. The maximum absolute atomic E-state index is 9.52. The monoisotopic (exact) mass is 915 g/mol. The number of anilines is 4. The van der Waals surface area contributed by atoms with Gasteiger partial charge in [-0.1, -0.05) is 185 Å². The molecule has 0 fully saturated rings. The van der Waals surface area contributed by atoms with Crippen molar-refractivity contribution >= 4 is 44.6 Å². The van der Waals surface area contributed by atoms with Gasteiger partial charge in [-0.15, -0.1) is 0 Å². The minimum Gasteiger partial charge on any atom is -0.321 e. The van der Waals surface area contributed by atoms with E-state index in [1.807, 2.05) is 70.0 Å². The Morgan fingerprint density at radius 2 is 1.04 bits per heavy atom. The van der Waals surface area contributed by atoms with E-state index in [1.54, 1.807) is 0 Å². The van der Waals surface area contributed by atoms with Crippen molar-refractivity contribution in [2.24, 2.45) is 0 Å². The van der Waals surface area contributed by atoms with Crippen molar-refractivity contribution in [1.82, 2.24) is 9.55 Å². The minimum atomic E-state index is -0.627. The first kappa shape index (κ1) is 35.2. The van der Waals surface area contributed by atoms with Crippen LogP contribution in [0.25, 0.3) is 49.9 Å². The number of nitrogens with zero attached hydrogens (tertiary/aromatic N) is 4. The third-order valence-electron chi connectivity index (χ3n) is 14.3. The van der Waals surface area contributed by atoms with Crippen molar-refractivity contribution < 1.29 is 13.7 Å². The third-order valence-corrected chi connectivity index (χ3v) is 14.3. The minimum absolute atomic E-state index is 0.0407. The average Bonchev–Trinajstić information content (AvgIpc) is 4.14. The molecule has 0 saturated carbocycles. The Hall–Kier alpha value is -6.91. The lowest BCUT2D eigenvalue weighted by molar-refractivity contribution is 0.581. The largest absolute Gasteiger partial charge is 0.321 e. The van der Waals surface area contributed by atoms with Crippen LogP contribution in [0.15, 0.2) is 164 Å². The number of pyridine rings is 1. The van der Waals surface area contributed by atoms with Crippen molar-refractivity contribution in [3.05, 3.63) is 203 Å². The van der Waals surface area contributed by atoms with E-state index in [0.29, 0.717) is 27.9 Å². The van der Waals surface area contributed by atoms with E-state index in [1.165, 1.54) is 5.56 Å². The number of para-hydroxylation sites is 3. The molecule has 0 radical (unpaired) electrons. The summed E-state index contributed by atoms with van der Waals surface area (Å²) in [7, 11) is 0. The van der Waals surface area contributed by atoms with Crippen LogP contribution >= 0.6 is 0 Å². The lowest BCUT2D eigenvalue weighted by Gasteiger charge is -2.35. The van der Waals surface area contributed by atoms with Crippen LogP contribution in [0.5, 0.6) is 0 Å². The number of rotatable bonds is 7. The molecule has 3 heterocycles. The number of fused-ring (bicyclic) bond motifs is 4. The van der Waals surface area contributed by atoms with Gasteiger partial charge in [0.15, 0.2) is 0 Å². The van der Waals surface area contributed by atoms with E-state index in [4.69, 9.17) is 13.2 Å². The summed E-state index contributed by atoms with van der Waals surface area (Å²) in [5, 5.41) is 2.27.